The van der Waals surface area contributed by atoms with Crippen molar-refractivity contribution in [3.05, 3.63) is 17.7 Å². The summed E-state index contributed by atoms with van der Waals surface area (Å²) in [6.45, 7) is 3.74. The lowest BCUT2D eigenvalue weighted by molar-refractivity contribution is 0.0201. The van der Waals surface area contributed by atoms with Crippen LogP contribution in [-0.2, 0) is 0 Å². The van der Waals surface area contributed by atoms with E-state index in [0.717, 1.165) is 25.9 Å². The second-order valence-corrected chi connectivity index (χ2v) is 7.23. The molecule has 2 heterocycles. The van der Waals surface area contributed by atoms with Crippen LogP contribution in [0.4, 0.5) is 0 Å². The van der Waals surface area contributed by atoms with Crippen molar-refractivity contribution < 1.29 is 29.2 Å². The number of methoxy groups -OCH3 is 1. The number of aliphatic hydroxyl groups is 2. The predicted molar refractivity (Wildman–Crippen MR) is 103 cm³/mol. The van der Waals surface area contributed by atoms with Crippen molar-refractivity contribution in [1.82, 2.24) is 10.2 Å². The maximum atomic E-state index is 12.8. The van der Waals surface area contributed by atoms with Crippen molar-refractivity contribution in [2.75, 3.05) is 53.1 Å². The van der Waals surface area contributed by atoms with E-state index >= 15 is 0 Å². The van der Waals surface area contributed by atoms with Gasteiger partial charge < -0.3 is 34.6 Å². The molecule has 8 heteroatoms. The first-order valence-electron chi connectivity index (χ1n) is 9.90. The van der Waals surface area contributed by atoms with E-state index < -0.39 is 6.10 Å². The van der Waals surface area contributed by atoms with Crippen molar-refractivity contribution in [2.24, 2.45) is 5.92 Å². The number of nitrogens with one attached hydrogen (secondary N) is 1. The molecule has 1 aromatic rings. The molecule has 1 unspecified atom stereocenters. The van der Waals surface area contributed by atoms with Crippen molar-refractivity contribution in [3.63, 3.8) is 0 Å². The third kappa shape index (κ3) is 4.87. The fraction of sp³-hybridized carbons (Fsp3) is 0.650. The van der Waals surface area contributed by atoms with E-state index in [1.165, 1.54) is 0 Å². The summed E-state index contributed by atoms with van der Waals surface area (Å²) >= 11 is 0. The minimum absolute atomic E-state index is 0.00310. The number of rotatable bonds is 7. The zero-order valence-electron chi connectivity index (χ0n) is 16.4. The highest BCUT2D eigenvalue weighted by Crippen LogP contribution is 2.41. The fourth-order valence-corrected chi connectivity index (χ4v) is 3.67. The normalized spacial score (nSPS) is 22.4. The highest BCUT2D eigenvalue weighted by molar-refractivity contribution is 5.98. The van der Waals surface area contributed by atoms with Crippen molar-refractivity contribution in [1.29, 1.82) is 0 Å². The summed E-state index contributed by atoms with van der Waals surface area (Å²) in [6.07, 6.45) is 1.74. The number of fused-ring (bicyclic) bond motifs is 1. The summed E-state index contributed by atoms with van der Waals surface area (Å²) in [7, 11) is 1.55. The van der Waals surface area contributed by atoms with Gasteiger partial charge in [0.15, 0.2) is 11.5 Å². The Kier molecular flexibility index (Phi) is 7.36. The van der Waals surface area contributed by atoms with Gasteiger partial charge in [0.25, 0.3) is 5.91 Å². The second kappa shape index (κ2) is 9.95. The highest BCUT2D eigenvalue weighted by Gasteiger charge is 2.29. The minimum Gasteiger partial charge on any atom is -0.493 e. The molecule has 156 valence electrons. The molecule has 1 saturated heterocycles. The number of piperidine rings is 1. The van der Waals surface area contributed by atoms with Gasteiger partial charge in [-0.05, 0) is 31.5 Å². The number of carbonyl (C=O) groups excluding carboxylic acids is 1. The van der Waals surface area contributed by atoms with Crippen molar-refractivity contribution in [2.45, 2.75) is 25.4 Å². The molecule has 0 radical (unpaired) electrons. The van der Waals surface area contributed by atoms with Gasteiger partial charge in [-0.25, -0.2) is 0 Å². The summed E-state index contributed by atoms with van der Waals surface area (Å²) in [4.78, 5) is 14.9. The van der Waals surface area contributed by atoms with E-state index in [1.807, 2.05) is 0 Å². The van der Waals surface area contributed by atoms with Crippen LogP contribution in [0, 0.1) is 5.92 Å². The number of β-amino-alcohol motifs (C(OH)–C–C–N with tert-alkyl or cyclic N) is 1. The molecule has 0 aromatic heterocycles. The Hall–Kier alpha value is -2.03. The van der Waals surface area contributed by atoms with E-state index in [1.54, 1.807) is 19.2 Å². The first kappa shape index (κ1) is 20.7. The van der Waals surface area contributed by atoms with Crippen LogP contribution < -0.4 is 19.5 Å². The minimum atomic E-state index is -0.500. The van der Waals surface area contributed by atoms with Crippen LogP contribution in [0.15, 0.2) is 12.1 Å². The number of ether oxygens (including phenoxy) is 3. The average molecular weight is 394 g/mol. The summed E-state index contributed by atoms with van der Waals surface area (Å²) in [6, 6.07) is 3.38. The Morgan fingerprint density at radius 2 is 2.11 bits per heavy atom. The molecule has 28 heavy (non-hydrogen) atoms. The topological polar surface area (TPSA) is 100 Å². The molecule has 1 fully saturated rings. The average Bonchev–Trinajstić information content (AvgIpc) is 2.96. The lowest BCUT2D eigenvalue weighted by Crippen LogP contribution is -2.47. The van der Waals surface area contributed by atoms with Crippen LogP contribution >= 0.6 is 0 Å². The summed E-state index contributed by atoms with van der Waals surface area (Å²) < 4.78 is 16.8. The number of benzene rings is 1. The van der Waals surface area contributed by atoms with Gasteiger partial charge in [-0.15, -0.1) is 0 Å². The number of nitrogens with zero attached hydrogens (tertiary/aromatic N) is 1. The lowest BCUT2D eigenvalue weighted by Gasteiger charge is -2.36. The number of likely N-dealkylation sites (tertiary alicyclic amines) is 1. The molecule has 1 aromatic carbocycles. The molecular formula is C20H30N2O6. The van der Waals surface area contributed by atoms with Gasteiger partial charge >= 0.3 is 0 Å². The monoisotopic (exact) mass is 394 g/mol. The third-order valence-corrected chi connectivity index (χ3v) is 5.28. The van der Waals surface area contributed by atoms with E-state index in [4.69, 9.17) is 19.3 Å². The van der Waals surface area contributed by atoms with E-state index in [-0.39, 0.29) is 18.4 Å². The zero-order chi connectivity index (χ0) is 19.9. The number of amides is 1. The lowest BCUT2D eigenvalue weighted by atomic mass is 9.93. The third-order valence-electron chi connectivity index (χ3n) is 5.28. The maximum absolute atomic E-state index is 12.8. The van der Waals surface area contributed by atoms with E-state index in [9.17, 15) is 9.90 Å². The number of carbonyl (C=O) groups is 1. The van der Waals surface area contributed by atoms with E-state index in [2.05, 4.69) is 10.2 Å². The standard InChI is InChI=1S/C20H30N2O6/c1-26-17-5-4-15(18-19(17)28-11-3-10-27-18)20(25)21-12-14-6-8-22(7-2-9-23)13-16(14)24/h4-5,14,16,23-24H,2-3,6-13H2,1H3,(H,21,25)/t14?,16-/m1/s1. The Bertz CT molecular complexity index is 668. The van der Waals surface area contributed by atoms with Gasteiger partial charge in [0.2, 0.25) is 5.75 Å². The number of aliphatic hydroxyl groups excluding tert-OH is 2. The number of hydrogen-bond donors (Lipinski definition) is 3. The molecule has 0 aliphatic carbocycles. The van der Waals surface area contributed by atoms with Crippen LogP contribution in [0.3, 0.4) is 0 Å². The van der Waals surface area contributed by atoms with Gasteiger partial charge in [-0.2, -0.15) is 0 Å². The quantitative estimate of drug-likeness (QED) is 0.624. The summed E-state index contributed by atoms with van der Waals surface area (Å²) in [5, 5.41) is 22.3. The van der Waals surface area contributed by atoms with Gasteiger partial charge in [-0.1, -0.05) is 0 Å². The zero-order valence-corrected chi connectivity index (χ0v) is 16.4. The highest BCUT2D eigenvalue weighted by atomic mass is 16.5. The molecular weight excluding hydrogens is 364 g/mol. The Morgan fingerprint density at radius 1 is 1.32 bits per heavy atom. The van der Waals surface area contributed by atoms with Crippen LogP contribution in [0.25, 0.3) is 0 Å². The second-order valence-electron chi connectivity index (χ2n) is 7.23. The van der Waals surface area contributed by atoms with Crippen LogP contribution in [0.5, 0.6) is 17.2 Å². The largest absolute Gasteiger partial charge is 0.493 e. The molecule has 3 rings (SSSR count). The maximum Gasteiger partial charge on any atom is 0.255 e. The molecule has 8 nitrogen and oxygen atoms in total. The van der Waals surface area contributed by atoms with Gasteiger partial charge in [0, 0.05) is 38.6 Å². The van der Waals surface area contributed by atoms with E-state index in [0.29, 0.717) is 55.5 Å². The first-order valence-corrected chi connectivity index (χ1v) is 9.90. The molecule has 3 N–H and O–H groups in total. The molecule has 0 spiro atoms. The van der Waals surface area contributed by atoms with Gasteiger partial charge in [0.1, 0.15) is 0 Å². The van der Waals surface area contributed by atoms with Gasteiger partial charge in [0.05, 0.1) is 32.0 Å². The smallest absolute Gasteiger partial charge is 0.255 e. The predicted octanol–water partition coefficient (Wildman–Crippen LogP) is 0.652. The fourth-order valence-electron chi connectivity index (χ4n) is 3.67. The number of hydrogen-bond acceptors (Lipinski definition) is 7. The molecule has 0 saturated carbocycles. The van der Waals surface area contributed by atoms with Gasteiger partial charge in [-0.3, -0.25) is 4.79 Å². The Morgan fingerprint density at radius 3 is 2.82 bits per heavy atom. The Labute approximate surface area is 165 Å². The SMILES string of the molecule is COc1ccc(C(=O)NCC2CCN(CCCO)C[C@H]2O)c2c1OCCCO2. The molecule has 2 atom stereocenters. The van der Waals surface area contributed by atoms with Crippen LogP contribution in [0.2, 0.25) is 0 Å². The summed E-state index contributed by atoms with van der Waals surface area (Å²) in [5.41, 5.74) is 0.410. The first-order chi connectivity index (χ1) is 13.6. The van der Waals surface area contributed by atoms with Crippen molar-refractivity contribution >= 4 is 5.91 Å². The molecule has 2 aliphatic rings. The Balaban J connectivity index is 1.61. The van der Waals surface area contributed by atoms with Crippen LogP contribution in [0.1, 0.15) is 29.6 Å². The van der Waals surface area contributed by atoms with Crippen LogP contribution in [-0.4, -0.2) is 80.2 Å². The van der Waals surface area contributed by atoms with Crippen molar-refractivity contribution in [3.8, 4) is 17.2 Å². The molecule has 1 amide bonds. The summed E-state index contributed by atoms with van der Waals surface area (Å²) in [5.74, 6) is 1.17. The molecule has 2 aliphatic heterocycles. The molecule has 0 bridgehead atoms.